The maximum atomic E-state index is 11.9. The minimum atomic E-state index is -0.779. The lowest BCUT2D eigenvalue weighted by Gasteiger charge is -2.31. The van der Waals surface area contributed by atoms with Crippen molar-refractivity contribution in [2.75, 3.05) is 13.1 Å². The average Bonchev–Trinajstić information content (AvgIpc) is 2.83. The summed E-state index contributed by atoms with van der Waals surface area (Å²) in [6.07, 6.45) is 5.09. The van der Waals surface area contributed by atoms with E-state index in [-0.39, 0.29) is 11.5 Å². The summed E-state index contributed by atoms with van der Waals surface area (Å²) >= 11 is 1.70. The number of thiophene rings is 1. The van der Waals surface area contributed by atoms with Gasteiger partial charge in [0, 0.05) is 22.8 Å². The number of aromatic carboxylic acids is 1. The molecule has 1 aliphatic heterocycles. The van der Waals surface area contributed by atoms with E-state index < -0.39 is 5.97 Å². The number of piperidine rings is 1. The molecule has 2 aliphatic rings. The number of carbonyl (C=O) groups is 1. The van der Waals surface area contributed by atoms with E-state index in [1.807, 2.05) is 0 Å². The third-order valence-corrected chi connectivity index (χ3v) is 6.36. The summed E-state index contributed by atoms with van der Waals surface area (Å²) in [6, 6.07) is 0. The van der Waals surface area contributed by atoms with Gasteiger partial charge in [-0.25, -0.2) is 10.7 Å². The SMILES string of the molecule is CC1(C)CCc2sc(CN3CCC[C@@H](ON)C3)c(C(=O)O)c2C1. The van der Waals surface area contributed by atoms with E-state index in [4.69, 9.17) is 10.7 Å². The van der Waals surface area contributed by atoms with Gasteiger partial charge in [0.25, 0.3) is 0 Å². The zero-order valence-corrected chi connectivity index (χ0v) is 14.7. The fourth-order valence-electron chi connectivity index (χ4n) is 3.81. The van der Waals surface area contributed by atoms with E-state index in [1.165, 1.54) is 4.88 Å². The molecule has 3 rings (SSSR count). The molecule has 0 aromatic carbocycles. The van der Waals surface area contributed by atoms with Crippen molar-refractivity contribution in [1.29, 1.82) is 0 Å². The fraction of sp³-hybridized carbons (Fsp3) is 0.706. The first kappa shape index (κ1) is 16.9. The number of nitrogens with two attached hydrogens (primary N) is 1. The van der Waals surface area contributed by atoms with Gasteiger partial charge in [-0.1, -0.05) is 13.8 Å². The molecule has 3 N–H and O–H groups in total. The van der Waals surface area contributed by atoms with Crippen LogP contribution in [-0.2, 0) is 24.2 Å². The lowest BCUT2D eigenvalue weighted by atomic mass is 9.76. The van der Waals surface area contributed by atoms with Crippen LogP contribution in [0.5, 0.6) is 0 Å². The van der Waals surface area contributed by atoms with Gasteiger partial charge < -0.3 is 5.11 Å². The van der Waals surface area contributed by atoms with Crippen molar-refractivity contribution >= 4 is 17.3 Å². The molecule has 0 amide bonds. The molecule has 2 heterocycles. The quantitative estimate of drug-likeness (QED) is 0.826. The van der Waals surface area contributed by atoms with Crippen molar-refractivity contribution in [1.82, 2.24) is 4.90 Å². The summed E-state index contributed by atoms with van der Waals surface area (Å²) in [5, 5.41) is 9.75. The molecule has 0 radical (unpaired) electrons. The van der Waals surface area contributed by atoms with Crippen LogP contribution in [-0.4, -0.2) is 35.2 Å². The second-order valence-electron chi connectivity index (χ2n) is 7.58. The summed E-state index contributed by atoms with van der Waals surface area (Å²) in [7, 11) is 0. The van der Waals surface area contributed by atoms with Crippen LogP contribution in [0.15, 0.2) is 0 Å². The molecule has 0 bridgehead atoms. The molecule has 0 saturated carbocycles. The second-order valence-corrected chi connectivity index (χ2v) is 8.77. The first-order valence-electron chi connectivity index (χ1n) is 8.34. The average molecular weight is 338 g/mol. The van der Waals surface area contributed by atoms with Crippen LogP contribution in [0.4, 0.5) is 0 Å². The Morgan fingerprint density at radius 2 is 2.30 bits per heavy atom. The van der Waals surface area contributed by atoms with Gasteiger partial charge >= 0.3 is 5.97 Å². The normalized spacial score (nSPS) is 24.4. The van der Waals surface area contributed by atoms with Gasteiger partial charge in [-0.15, -0.1) is 11.3 Å². The smallest absolute Gasteiger partial charge is 0.337 e. The van der Waals surface area contributed by atoms with Gasteiger partial charge in [0.05, 0.1) is 11.7 Å². The van der Waals surface area contributed by atoms with Gasteiger partial charge in [-0.3, -0.25) is 9.74 Å². The van der Waals surface area contributed by atoms with Crippen LogP contribution in [0.1, 0.15) is 58.8 Å². The number of carboxylic acids is 1. The minimum absolute atomic E-state index is 0.0607. The van der Waals surface area contributed by atoms with Crippen LogP contribution < -0.4 is 5.90 Å². The topological polar surface area (TPSA) is 75.8 Å². The monoisotopic (exact) mass is 338 g/mol. The van der Waals surface area contributed by atoms with Gasteiger partial charge in [0.15, 0.2) is 0 Å². The van der Waals surface area contributed by atoms with E-state index in [9.17, 15) is 9.90 Å². The van der Waals surface area contributed by atoms with Crippen LogP contribution >= 0.6 is 11.3 Å². The lowest BCUT2D eigenvalue weighted by molar-refractivity contribution is -0.00349. The summed E-state index contributed by atoms with van der Waals surface area (Å²) in [5.41, 5.74) is 1.84. The van der Waals surface area contributed by atoms with Gasteiger partial charge in [-0.05, 0) is 49.6 Å². The Kier molecular flexibility index (Phi) is 4.78. The highest BCUT2D eigenvalue weighted by atomic mass is 32.1. The number of aryl methyl sites for hydroxylation is 1. The van der Waals surface area contributed by atoms with Crippen molar-refractivity contribution < 1.29 is 14.7 Å². The Bertz CT molecular complexity index is 597. The maximum Gasteiger partial charge on any atom is 0.337 e. The molecule has 23 heavy (non-hydrogen) atoms. The zero-order valence-electron chi connectivity index (χ0n) is 13.9. The van der Waals surface area contributed by atoms with Crippen LogP contribution in [0.3, 0.4) is 0 Å². The highest BCUT2D eigenvalue weighted by molar-refractivity contribution is 7.12. The summed E-state index contributed by atoms with van der Waals surface area (Å²) < 4.78 is 0. The number of rotatable bonds is 4. The molecular weight excluding hydrogens is 312 g/mol. The third-order valence-electron chi connectivity index (χ3n) is 5.08. The minimum Gasteiger partial charge on any atom is -0.478 e. The van der Waals surface area contributed by atoms with Crippen LogP contribution in [0, 0.1) is 5.41 Å². The van der Waals surface area contributed by atoms with Gasteiger partial charge in [0.1, 0.15) is 0 Å². The van der Waals surface area contributed by atoms with E-state index in [2.05, 4.69) is 18.7 Å². The first-order valence-corrected chi connectivity index (χ1v) is 9.16. The number of likely N-dealkylation sites (tertiary alicyclic amines) is 1. The molecule has 1 aliphatic carbocycles. The van der Waals surface area contributed by atoms with Gasteiger partial charge in [0.2, 0.25) is 0 Å². The third kappa shape index (κ3) is 3.60. The van der Waals surface area contributed by atoms with E-state index in [0.717, 1.165) is 55.6 Å². The predicted octanol–water partition coefficient (Wildman–Crippen LogP) is 2.82. The Balaban J connectivity index is 1.85. The Labute approximate surface area is 141 Å². The largest absolute Gasteiger partial charge is 0.478 e. The second kappa shape index (κ2) is 6.51. The molecule has 0 unspecified atom stereocenters. The number of fused-ring (bicyclic) bond motifs is 1. The van der Waals surface area contributed by atoms with Gasteiger partial charge in [-0.2, -0.15) is 0 Å². The number of carboxylic acid groups (broad SMARTS) is 1. The summed E-state index contributed by atoms with van der Waals surface area (Å²) in [6.45, 7) is 6.91. The molecule has 128 valence electrons. The molecule has 1 atom stereocenters. The molecular formula is C17H26N2O3S. The van der Waals surface area contributed by atoms with Crippen molar-refractivity contribution in [3.05, 3.63) is 20.9 Å². The van der Waals surface area contributed by atoms with Crippen LogP contribution in [0.2, 0.25) is 0 Å². The summed E-state index contributed by atoms with van der Waals surface area (Å²) in [4.78, 5) is 21.4. The Morgan fingerprint density at radius 3 is 3.00 bits per heavy atom. The van der Waals surface area contributed by atoms with E-state index >= 15 is 0 Å². The number of nitrogens with zero attached hydrogens (tertiary/aromatic N) is 1. The van der Waals surface area contributed by atoms with E-state index in [1.54, 1.807) is 11.3 Å². The molecule has 6 heteroatoms. The van der Waals surface area contributed by atoms with Crippen LogP contribution in [0.25, 0.3) is 0 Å². The predicted molar refractivity (Wildman–Crippen MR) is 90.7 cm³/mol. The van der Waals surface area contributed by atoms with Crippen molar-refractivity contribution in [3.8, 4) is 0 Å². The van der Waals surface area contributed by atoms with E-state index in [0.29, 0.717) is 12.1 Å². The molecule has 1 aromatic rings. The standard InChI is InChI=1S/C17H26N2O3S/c1-17(2)6-5-13-12(8-17)15(16(20)21)14(23-13)10-19-7-3-4-11(9-19)22-18/h11H,3-10,18H2,1-2H3,(H,20,21)/t11-/m1/s1. The lowest BCUT2D eigenvalue weighted by Crippen LogP contribution is -2.40. The maximum absolute atomic E-state index is 11.9. The fourth-order valence-corrected chi connectivity index (χ4v) is 5.17. The number of hydrogen-bond donors (Lipinski definition) is 2. The number of hydrogen-bond acceptors (Lipinski definition) is 5. The molecule has 1 saturated heterocycles. The van der Waals surface area contributed by atoms with Crippen molar-refractivity contribution in [2.24, 2.45) is 11.3 Å². The molecule has 1 fully saturated rings. The Hall–Kier alpha value is -0.950. The summed E-state index contributed by atoms with van der Waals surface area (Å²) in [5.74, 6) is 4.55. The molecule has 1 aromatic heterocycles. The highest BCUT2D eigenvalue weighted by Gasteiger charge is 2.33. The highest BCUT2D eigenvalue weighted by Crippen LogP contribution is 2.42. The molecule has 5 nitrogen and oxygen atoms in total. The van der Waals surface area contributed by atoms with Crippen molar-refractivity contribution in [3.63, 3.8) is 0 Å². The van der Waals surface area contributed by atoms with Crippen molar-refractivity contribution in [2.45, 2.75) is 58.6 Å². The zero-order chi connectivity index (χ0) is 16.6. The molecule has 0 spiro atoms. The first-order chi connectivity index (χ1) is 10.9. The Morgan fingerprint density at radius 1 is 1.52 bits per heavy atom.